The van der Waals surface area contributed by atoms with Crippen LogP contribution in [0.2, 0.25) is 0 Å². The van der Waals surface area contributed by atoms with E-state index in [1.807, 2.05) is 43.3 Å². The van der Waals surface area contributed by atoms with Crippen molar-refractivity contribution in [2.24, 2.45) is 0 Å². The molecule has 1 amide bonds. The first kappa shape index (κ1) is 17.9. The lowest BCUT2D eigenvalue weighted by molar-refractivity contribution is -0.116. The number of ether oxygens (including phenoxy) is 1. The van der Waals surface area contributed by atoms with Crippen LogP contribution in [0, 0.1) is 13.8 Å². The van der Waals surface area contributed by atoms with Crippen molar-refractivity contribution in [2.45, 2.75) is 40.0 Å². The predicted molar refractivity (Wildman–Crippen MR) is 99.5 cm³/mol. The number of nitrogens with two attached hydrogens (primary N) is 1. The molecule has 0 radical (unpaired) electrons. The molecular weight excluding hydrogens is 300 g/mol. The second-order valence-electron chi connectivity index (χ2n) is 6.07. The van der Waals surface area contributed by atoms with Crippen LogP contribution in [0.15, 0.2) is 36.4 Å². The van der Waals surface area contributed by atoms with Gasteiger partial charge < -0.3 is 15.8 Å². The van der Waals surface area contributed by atoms with Crippen molar-refractivity contribution in [3.05, 3.63) is 53.1 Å². The third-order valence-electron chi connectivity index (χ3n) is 3.97. The first-order chi connectivity index (χ1) is 11.5. The topological polar surface area (TPSA) is 64.3 Å². The summed E-state index contributed by atoms with van der Waals surface area (Å²) in [5.74, 6) is 0.711. The van der Waals surface area contributed by atoms with Crippen molar-refractivity contribution in [2.75, 3.05) is 17.7 Å². The minimum atomic E-state index is 0.00290. The number of aryl methyl sites for hydroxylation is 3. The smallest absolute Gasteiger partial charge is 0.224 e. The first-order valence-corrected chi connectivity index (χ1v) is 8.38. The van der Waals surface area contributed by atoms with Crippen LogP contribution < -0.4 is 15.8 Å². The number of carbonyl (C=O) groups is 1. The maximum Gasteiger partial charge on any atom is 0.224 e. The Bertz CT molecular complexity index is 711. The molecule has 0 unspecified atom stereocenters. The lowest BCUT2D eigenvalue weighted by Crippen LogP contribution is -2.12. The highest BCUT2D eigenvalue weighted by Crippen LogP contribution is 2.23. The van der Waals surface area contributed by atoms with Crippen LogP contribution in [0.4, 0.5) is 11.4 Å². The highest BCUT2D eigenvalue weighted by molar-refractivity contribution is 5.91. The van der Waals surface area contributed by atoms with Crippen LogP contribution in [0.5, 0.6) is 5.75 Å². The van der Waals surface area contributed by atoms with E-state index in [1.54, 1.807) is 0 Å². The second kappa shape index (κ2) is 8.39. The zero-order chi connectivity index (χ0) is 17.5. The van der Waals surface area contributed by atoms with Crippen LogP contribution in [0.3, 0.4) is 0 Å². The summed E-state index contributed by atoms with van der Waals surface area (Å²) in [4.78, 5) is 12.1. The van der Waals surface area contributed by atoms with Gasteiger partial charge in [-0.15, -0.1) is 0 Å². The molecule has 2 aromatic rings. The van der Waals surface area contributed by atoms with Gasteiger partial charge in [0, 0.05) is 12.1 Å². The summed E-state index contributed by atoms with van der Waals surface area (Å²) in [5.41, 5.74) is 10.9. The normalized spacial score (nSPS) is 10.5. The summed E-state index contributed by atoms with van der Waals surface area (Å²) in [6, 6.07) is 11.7. The highest BCUT2D eigenvalue weighted by Gasteiger charge is 2.06. The molecule has 0 heterocycles. The van der Waals surface area contributed by atoms with Gasteiger partial charge in [-0.25, -0.2) is 0 Å². The van der Waals surface area contributed by atoms with E-state index < -0.39 is 0 Å². The molecule has 2 aromatic carbocycles. The Morgan fingerprint density at radius 3 is 2.58 bits per heavy atom. The van der Waals surface area contributed by atoms with E-state index in [1.165, 1.54) is 11.1 Å². The van der Waals surface area contributed by atoms with E-state index in [0.29, 0.717) is 30.9 Å². The molecule has 128 valence electrons. The third-order valence-corrected chi connectivity index (χ3v) is 3.97. The lowest BCUT2D eigenvalue weighted by atomic mass is 10.1. The number of amides is 1. The van der Waals surface area contributed by atoms with Crippen LogP contribution in [-0.4, -0.2) is 12.5 Å². The zero-order valence-electron chi connectivity index (χ0n) is 14.7. The fraction of sp³-hybridized carbons (Fsp3) is 0.350. The minimum absolute atomic E-state index is 0.00290. The Balaban J connectivity index is 1.89. The van der Waals surface area contributed by atoms with Gasteiger partial charge in [0.2, 0.25) is 5.91 Å². The van der Waals surface area contributed by atoms with E-state index in [0.717, 1.165) is 17.7 Å². The standard InChI is InChI=1S/C20H26N2O2/c1-4-11-24-19-9-6-16(13-18(19)21)7-10-20(23)22-17-8-5-14(2)15(3)12-17/h5-6,8-9,12-13H,4,7,10-11,21H2,1-3H3,(H,22,23). The Morgan fingerprint density at radius 1 is 1.12 bits per heavy atom. The number of nitrogens with one attached hydrogen (secondary N) is 1. The number of anilines is 2. The van der Waals surface area contributed by atoms with E-state index in [-0.39, 0.29) is 5.91 Å². The van der Waals surface area contributed by atoms with Crippen molar-refractivity contribution in [1.29, 1.82) is 0 Å². The summed E-state index contributed by atoms with van der Waals surface area (Å²) in [5, 5.41) is 2.94. The van der Waals surface area contributed by atoms with E-state index in [9.17, 15) is 4.79 Å². The molecule has 0 bridgehead atoms. The Kier molecular flexibility index (Phi) is 6.24. The fourth-order valence-electron chi connectivity index (χ4n) is 2.40. The lowest BCUT2D eigenvalue weighted by Gasteiger charge is -2.10. The Hall–Kier alpha value is -2.49. The van der Waals surface area contributed by atoms with Crippen LogP contribution in [-0.2, 0) is 11.2 Å². The van der Waals surface area contributed by atoms with Gasteiger partial charge in [-0.2, -0.15) is 0 Å². The summed E-state index contributed by atoms with van der Waals surface area (Å²) < 4.78 is 5.56. The van der Waals surface area contributed by atoms with Gasteiger partial charge in [0.25, 0.3) is 0 Å². The van der Waals surface area contributed by atoms with Crippen molar-refractivity contribution in [1.82, 2.24) is 0 Å². The molecule has 0 aromatic heterocycles. The van der Waals surface area contributed by atoms with E-state index >= 15 is 0 Å². The van der Waals surface area contributed by atoms with Crippen LogP contribution >= 0.6 is 0 Å². The molecule has 24 heavy (non-hydrogen) atoms. The monoisotopic (exact) mass is 326 g/mol. The zero-order valence-corrected chi connectivity index (χ0v) is 14.7. The first-order valence-electron chi connectivity index (χ1n) is 8.38. The number of nitrogen functional groups attached to an aromatic ring is 1. The second-order valence-corrected chi connectivity index (χ2v) is 6.07. The molecule has 2 rings (SSSR count). The largest absolute Gasteiger partial charge is 0.491 e. The molecule has 0 saturated carbocycles. The molecule has 0 spiro atoms. The average molecular weight is 326 g/mol. The molecule has 4 nitrogen and oxygen atoms in total. The molecule has 0 fully saturated rings. The number of carbonyl (C=O) groups excluding carboxylic acids is 1. The van der Waals surface area contributed by atoms with Gasteiger partial charge in [0.15, 0.2) is 0 Å². The molecule has 0 aliphatic heterocycles. The van der Waals surface area contributed by atoms with Crippen molar-refractivity contribution in [3.8, 4) is 5.75 Å². The summed E-state index contributed by atoms with van der Waals surface area (Å²) in [6.07, 6.45) is 2.01. The number of rotatable bonds is 7. The summed E-state index contributed by atoms with van der Waals surface area (Å²) in [6.45, 7) is 6.80. The van der Waals surface area contributed by atoms with Crippen LogP contribution in [0.1, 0.15) is 36.5 Å². The van der Waals surface area contributed by atoms with Crippen molar-refractivity contribution >= 4 is 17.3 Å². The minimum Gasteiger partial charge on any atom is -0.491 e. The molecule has 0 aliphatic rings. The van der Waals surface area contributed by atoms with Gasteiger partial charge in [-0.1, -0.05) is 19.1 Å². The molecular formula is C20H26N2O2. The maximum absolute atomic E-state index is 12.1. The molecule has 3 N–H and O–H groups in total. The third kappa shape index (κ3) is 5.01. The molecule has 0 aliphatic carbocycles. The highest BCUT2D eigenvalue weighted by atomic mass is 16.5. The number of hydrogen-bond donors (Lipinski definition) is 2. The van der Waals surface area contributed by atoms with Gasteiger partial charge in [-0.3, -0.25) is 4.79 Å². The van der Waals surface area contributed by atoms with Gasteiger partial charge in [-0.05, 0) is 67.6 Å². The quantitative estimate of drug-likeness (QED) is 0.748. The van der Waals surface area contributed by atoms with Gasteiger partial charge in [0.05, 0.1) is 12.3 Å². The average Bonchev–Trinajstić information content (AvgIpc) is 2.55. The fourth-order valence-corrected chi connectivity index (χ4v) is 2.40. The molecule has 0 atom stereocenters. The molecule has 0 saturated heterocycles. The SMILES string of the molecule is CCCOc1ccc(CCC(=O)Nc2ccc(C)c(C)c2)cc1N. The molecule has 4 heteroatoms. The van der Waals surface area contributed by atoms with E-state index in [4.69, 9.17) is 10.5 Å². The van der Waals surface area contributed by atoms with Crippen molar-refractivity contribution < 1.29 is 9.53 Å². The van der Waals surface area contributed by atoms with Gasteiger partial charge in [0.1, 0.15) is 5.75 Å². The van der Waals surface area contributed by atoms with Crippen LogP contribution in [0.25, 0.3) is 0 Å². The van der Waals surface area contributed by atoms with E-state index in [2.05, 4.69) is 19.2 Å². The number of benzene rings is 2. The van der Waals surface area contributed by atoms with Crippen molar-refractivity contribution in [3.63, 3.8) is 0 Å². The predicted octanol–water partition coefficient (Wildman–Crippen LogP) is 4.25. The Labute approximate surface area is 144 Å². The summed E-state index contributed by atoms with van der Waals surface area (Å²) in [7, 11) is 0. The Morgan fingerprint density at radius 2 is 1.92 bits per heavy atom. The van der Waals surface area contributed by atoms with Gasteiger partial charge >= 0.3 is 0 Å². The number of hydrogen-bond acceptors (Lipinski definition) is 3. The maximum atomic E-state index is 12.1. The summed E-state index contributed by atoms with van der Waals surface area (Å²) >= 11 is 0.